The summed E-state index contributed by atoms with van der Waals surface area (Å²) >= 11 is 0. The van der Waals surface area contributed by atoms with Crippen LogP contribution in [0.25, 0.3) is 0 Å². The van der Waals surface area contributed by atoms with Gasteiger partial charge < -0.3 is 14.6 Å². The van der Waals surface area contributed by atoms with Crippen LogP contribution in [0.3, 0.4) is 0 Å². The standard InChI is InChI=1S/C21H28N2O3/c1-5-7-13-22-20(24)18-15(3)19(21(25)26-6-2)23(16(18)4)14-17-11-9-8-10-12-17/h8-12H,5-7,13-14H2,1-4H3,(H,22,24). The number of amides is 1. The second-order valence-electron chi connectivity index (χ2n) is 6.34. The molecule has 0 radical (unpaired) electrons. The first kappa shape index (κ1) is 19.8. The maximum absolute atomic E-state index is 12.7. The number of nitrogens with zero attached hydrogens (tertiary/aromatic N) is 1. The van der Waals surface area contributed by atoms with Crippen molar-refractivity contribution in [2.75, 3.05) is 13.2 Å². The Morgan fingerprint density at radius 1 is 1.12 bits per heavy atom. The first-order valence-corrected chi connectivity index (χ1v) is 9.20. The predicted molar refractivity (Wildman–Crippen MR) is 103 cm³/mol. The second kappa shape index (κ2) is 9.22. The molecule has 0 unspecified atom stereocenters. The number of carbonyl (C=O) groups excluding carboxylic acids is 2. The average Bonchev–Trinajstić information content (AvgIpc) is 2.86. The van der Waals surface area contributed by atoms with Gasteiger partial charge in [-0.1, -0.05) is 43.7 Å². The number of rotatable bonds is 8. The molecule has 0 aliphatic heterocycles. The number of carbonyl (C=O) groups is 2. The van der Waals surface area contributed by atoms with Gasteiger partial charge in [0.2, 0.25) is 0 Å². The number of esters is 1. The molecule has 2 aromatic rings. The van der Waals surface area contributed by atoms with Gasteiger partial charge in [-0.15, -0.1) is 0 Å². The zero-order valence-corrected chi connectivity index (χ0v) is 16.1. The molecule has 1 aromatic carbocycles. The van der Waals surface area contributed by atoms with Crippen molar-refractivity contribution in [3.05, 3.63) is 58.4 Å². The van der Waals surface area contributed by atoms with Crippen molar-refractivity contribution in [3.63, 3.8) is 0 Å². The summed E-state index contributed by atoms with van der Waals surface area (Å²) in [6.45, 7) is 9.01. The van der Waals surface area contributed by atoms with E-state index >= 15 is 0 Å². The van der Waals surface area contributed by atoms with Gasteiger partial charge in [-0.25, -0.2) is 4.79 Å². The fourth-order valence-corrected chi connectivity index (χ4v) is 3.12. The summed E-state index contributed by atoms with van der Waals surface area (Å²) in [5, 5.41) is 2.95. The summed E-state index contributed by atoms with van der Waals surface area (Å²) in [5.41, 5.74) is 3.54. The Kier molecular flexibility index (Phi) is 7.01. The monoisotopic (exact) mass is 356 g/mol. The SMILES string of the molecule is CCCCNC(=O)c1c(C)c(C(=O)OCC)n(Cc2ccccc2)c1C. The van der Waals surface area contributed by atoms with E-state index < -0.39 is 5.97 Å². The fourth-order valence-electron chi connectivity index (χ4n) is 3.12. The first-order valence-electron chi connectivity index (χ1n) is 9.20. The van der Waals surface area contributed by atoms with Crippen molar-refractivity contribution in [3.8, 4) is 0 Å². The molecule has 1 amide bonds. The maximum Gasteiger partial charge on any atom is 0.355 e. The summed E-state index contributed by atoms with van der Waals surface area (Å²) in [5.74, 6) is -0.526. The van der Waals surface area contributed by atoms with Crippen LogP contribution in [0.2, 0.25) is 0 Å². The van der Waals surface area contributed by atoms with Crippen LogP contribution in [0.15, 0.2) is 30.3 Å². The molecular formula is C21H28N2O3. The van der Waals surface area contributed by atoms with Crippen LogP contribution in [0.4, 0.5) is 0 Å². The largest absolute Gasteiger partial charge is 0.461 e. The van der Waals surface area contributed by atoms with Crippen molar-refractivity contribution >= 4 is 11.9 Å². The van der Waals surface area contributed by atoms with Crippen LogP contribution in [-0.4, -0.2) is 29.6 Å². The van der Waals surface area contributed by atoms with Crippen LogP contribution in [0.1, 0.15) is 64.4 Å². The number of benzene rings is 1. The van der Waals surface area contributed by atoms with Gasteiger partial charge in [-0.2, -0.15) is 0 Å². The third-order valence-corrected chi connectivity index (χ3v) is 4.46. The molecule has 0 fully saturated rings. The zero-order chi connectivity index (χ0) is 19.1. The molecule has 5 nitrogen and oxygen atoms in total. The summed E-state index contributed by atoms with van der Waals surface area (Å²) < 4.78 is 7.13. The maximum atomic E-state index is 12.7. The summed E-state index contributed by atoms with van der Waals surface area (Å²) in [6.07, 6.45) is 1.95. The Bertz CT molecular complexity index is 763. The Morgan fingerprint density at radius 3 is 2.42 bits per heavy atom. The van der Waals surface area contributed by atoms with Gasteiger partial charge in [0.15, 0.2) is 0 Å². The van der Waals surface area contributed by atoms with E-state index in [0.29, 0.717) is 36.5 Å². The van der Waals surface area contributed by atoms with E-state index in [0.717, 1.165) is 24.1 Å². The Labute approximate surface area is 155 Å². The van der Waals surface area contributed by atoms with Crippen LogP contribution >= 0.6 is 0 Å². The van der Waals surface area contributed by atoms with E-state index in [4.69, 9.17) is 4.74 Å². The van der Waals surface area contributed by atoms with E-state index in [1.165, 1.54) is 0 Å². The molecule has 0 aliphatic carbocycles. The van der Waals surface area contributed by atoms with E-state index in [9.17, 15) is 9.59 Å². The molecular weight excluding hydrogens is 328 g/mol. The van der Waals surface area contributed by atoms with Gasteiger partial charge >= 0.3 is 5.97 Å². The van der Waals surface area contributed by atoms with Crippen molar-refractivity contribution in [2.45, 2.75) is 47.1 Å². The van der Waals surface area contributed by atoms with Crippen molar-refractivity contribution in [1.82, 2.24) is 9.88 Å². The van der Waals surface area contributed by atoms with Gasteiger partial charge in [-0.3, -0.25) is 4.79 Å². The molecule has 0 atom stereocenters. The van der Waals surface area contributed by atoms with E-state index in [1.807, 2.05) is 48.7 Å². The highest BCUT2D eigenvalue weighted by molar-refractivity contribution is 6.01. The lowest BCUT2D eigenvalue weighted by Gasteiger charge is -2.12. The highest BCUT2D eigenvalue weighted by atomic mass is 16.5. The van der Waals surface area contributed by atoms with Gasteiger partial charge in [-0.05, 0) is 38.3 Å². The Hall–Kier alpha value is -2.56. The molecule has 0 spiro atoms. The molecule has 140 valence electrons. The lowest BCUT2D eigenvalue weighted by atomic mass is 10.1. The smallest absolute Gasteiger partial charge is 0.355 e. The topological polar surface area (TPSA) is 60.3 Å². The summed E-state index contributed by atoms with van der Waals surface area (Å²) in [7, 11) is 0. The molecule has 26 heavy (non-hydrogen) atoms. The quantitative estimate of drug-likeness (QED) is 0.577. The molecule has 0 saturated carbocycles. The molecule has 1 heterocycles. The van der Waals surface area contributed by atoms with Crippen molar-refractivity contribution in [1.29, 1.82) is 0 Å². The minimum absolute atomic E-state index is 0.134. The molecule has 2 rings (SSSR count). The van der Waals surface area contributed by atoms with Crippen molar-refractivity contribution < 1.29 is 14.3 Å². The third kappa shape index (κ3) is 4.34. The number of unbranched alkanes of at least 4 members (excludes halogenated alkanes) is 1. The minimum Gasteiger partial charge on any atom is -0.461 e. The number of aromatic nitrogens is 1. The number of ether oxygens (including phenoxy) is 1. The van der Waals surface area contributed by atoms with Crippen LogP contribution in [0.5, 0.6) is 0 Å². The minimum atomic E-state index is -0.392. The zero-order valence-electron chi connectivity index (χ0n) is 16.1. The second-order valence-corrected chi connectivity index (χ2v) is 6.34. The predicted octanol–water partition coefficient (Wildman–Crippen LogP) is 3.86. The van der Waals surface area contributed by atoms with Crippen molar-refractivity contribution in [2.24, 2.45) is 0 Å². The van der Waals surface area contributed by atoms with Gasteiger partial charge in [0.25, 0.3) is 5.91 Å². The van der Waals surface area contributed by atoms with E-state index in [2.05, 4.69) is 12.2 Å². The normalized spacial score (nSPS) is 10.6. The molecule has 1 aromatic heterocycles. The lowest BCUT2D eigenvalue weighted by molar-refractivity contribution is 0.0513. The summed E-state index contributed by atoms with van der Waals surface area (Å²) in [6, 6.07) is 9.89. The van der Waals surface area contributed by atoms with Crippen LogP contribution in [-0.2, 0) is 11.3 Å². The van der Waals surface area contributed by atoms with E-state index in [1.54, 1.807) is 6.92 Å². The fraction of sp³-hybridized carbons (Fsp3) is 0.429. The molecule has 0 saturated heterocycles. The first-order chi connectivity index (χ1) is 12.5. The van der Waals surface area contributed by atoms with Crippen LogP contribution in [0, 0.1) is 13.8 Å². The van der Waals surface area contributed by atoms with Gasteiger partial charge in [0.1, 0.15) is 5.69 Å². The molecule has 0 aliphatic rings. The van der Waals surface area contributed by atoms with Gasteiger partial charge in [0, 0.05) is 18.8 Å². The number of hydrogen-bond acceptors (Lipinski definition) is 3. The van der Waals surface area contributed by atoms with Gasteiger partial charge in [0.05, 0.1) is 12.2 Å². The Morgan fingerprint density at radius 2 is 1.81 bits per heavy atom. The number of nitrogens with one attached hydrogen (secondary N) is 1. The van der Waals surface area contributed by atoms with Crippen LogP contribution < -0.4 is 5.32 Å². The molecule has 1 N–H and O–H groups in total. The lowest BCUT2D eigenvalue weighted by Crippen LogP contribution is -2.25. The number of hydrogen-bond donors (Lipinski definition) is 1. The molecule has 0 bridgehead atoms. The van der Waals surface area contributed by atoms with E-state index in [-0.39, 0.29) is 5.91 Å². The Balaban J connectivity index is 2.45. The highest BCUT2D eigenvalue weighted by Crippen LogP contribution is 2.24. The average molecular weight is 356 g/mol. The summed E-state index contributed by atoms with van der Waals surface area (Å²) in [4.78, 5) is 25.2. The molecule has 5 heteroatoms. The highest BCUT2D eigenvalue weighted by Gasteiger charge is 2.27. The third-order valence-electron chi connectivity index (χ3n) is 4.46.